The van der Waals surface area contributed by atoms with Crippen LogP contribution in [0.5, 0.6) is 5.75 Å². The van der Waals surface area contributed by atoms with Crippen LogP contribution in [0.3, 0.4) is 0 Å². The van der Waals surface area contributed by atoms with Gasteiger partial charge in [0.2, 0.25) is 0 Å². The van der Waals surface area contributed by atoms with Crippen LogP contribution in [0.15, 0.2) is 18.2 Å². The first-order valence-electron chi connectivity index (χ1n) is 5.65. The van der Waals surface area contributed by atoms with Crippen molar-refractivity contribution in [2.45, 2.75) is 38.1 Å². The molecule has 3 nitrogen and oxygen atoms in total. The molecule has 4 heteroatoms. The number of hydrogen-bond acceptors (Lipinski definition) is 3. The van der Waals surface area contributed by atoms with Crippen LogP contribution in [0.4, 0.5) is 4.39 Å². The van der Waals surface area contributed by atoms with Gasteiger partial charge in [0.1, 0.15) is 17.2 Å². The van der Waals surface area contributed by atoms with Gasteiger partial charge in [-0.25, -0.2) is 4.39 Å². The van der Waals surface area contributed by atoms with E-state index in [1.165, 1.54) is 12.1 Å². The minimum Gasteiger partial charge on any atom is -0.484 e. The summed E-state index contributed by atoms with van der Waals surface area (Å²) in [6.07, 6.45) is -0.406. The predicted octanol–water partition coefficient (Wildman–Crippen LogP) is 2.44. The van der Waals surface area contributed by atoms with Gasteiger partial charge >= 0.3 is 0 Å². The van der Waals surface area contributed by atoms with Crippen molar-refractivity contribution < 1.29 is 19.0 Å². The molecule has 0 amide bonds. The van der Waals surface area contributed by atoms with Crippen LogP contribution in [0.2, 0.25) is 0 Å². The van der Waals surface area contributed by atoms with Crippen molar-refractivity contribution in [3.8, 4) is 5.75 Å². The molecule has 1 aromatic carbocycles. The van der Waals surface area contributed by atoms with E-state index in [9.17, 15) is 9.50 Å². The number of halogens is 1. The van der Waals surface area contributed by atoms with E-state index in [4.69, 9.17) is 9.47 Å². The van der Waals surface area contributed by atoms with Crippen LogP contribution < -0.4 is 4.74 Å². The second kappa shape index (κ2) is 4.27. The molecule has 94 valence electrons. The van der Waals surface area contributed by atoms with E-state index in [0.29, 0.717) is 17.7 Å². The second-order valence-corrected chi connectivity index (χ2v) is 4.69. The molecule has 0 saturated heterocycles. The van der Waals surface area contributed by atoms with E-state index >= 15 is 0 Å². The first kappa shape index (κ1) is 12.3. The third-order valence-electron chi connectivity index (χ3n) is 3.49. The zero-order valence-electron chi connectivity index (χ0n) is 10.2. The third kappa shape index (κ3) is 2.15. The first-order chi connectivity index (χ1) is 7.96. The number of ether oxygens (including phenoxy) is 2. The number of benzene rings is 1. The quantitative estimate of drug-likeness (QED) is 0.862. The molecule has 0 spiro atoms. The summed E-state index contributed by atoms with van der Waals surface area (Å²) in [5.74, 6) is 0.0282. The maximum absolute atomic E-state index is 13.2. The largest absolute Gasteiger partial charge is 0.484 e. The van der Waals surface area contributed by atoms with Gasteiger partial charge in [-0.2, -0.15) is 0 Å². The fourth-order valence-electron chi connectivity index (χ4n) is 2.16. The van der Waals surface area contributed by atoms with Crippen LogP contribution in [0.25, 0.3) is 0 Å². The lowest BCUT2D eigenvalue weighted by Gasteiger charge is -2.41. The molecule has 0 aromatic heterocycles. The summed E-state index contributed by atoms with van der Waals surface area (Å²) in [6, 6.07) is 4.19. The Kier molecular flexibility index (Phi) is 3.10. The highest BCUT2D eigenvalue weighted by molar-refractivity contribution is 5.38. The van der Waals surface area contributed by atoms with E-state index in [-0.39, 0.29) is 11.9 Å². The lowest BCUT2D eigenvalue weighted by atomic mass is 9.86. The van der Waals surface area contributed by atoms with E-state index in [2.05, 4.69) is 0 Å². The van der Waals surface area contributed by atoms with Crippen molar-refractivity contribution in [1.82, 2.24) is 0 Å². The maximum Gasteiger partial charge on any atom is 0.135 e. The highest BCUT2D eigenvalue weighted by Gasteiger charge is 2.41. The Hall–Kier alpha value is -1.13. The molecular weight excluding hydrogens is 223 g/mol. The minimum absolute atomic E-state index is 0.187. The van der Waals surface area contributed by atoms with Gasteiger partial charge in [-0.05, 0) is 26.0 Å². The molecule has 0 aliphatic carbocycles. The number of fused-ring (bicyclic) bond motifs is 1. The zero-order chi connectivity index (χ0) is 12.6. The molecule has 1 aliphatic heterocycles. The summed E-state index contributed by atoms with van der Waals surface area (Å²) in [5, 5.41) is 10.1. The molecule has 3 atom stereocenters. The van der Waals surface area contributed by atoms with Crippen molar-refractivity contribution in [3.63, 3.8) is 0 Å². The van der Waals surface area contributed by atoms with Gasteiger partial charge in [0.25, 0.3) is 0 Å². The topological polar surface area (TPSA) is 38.7 Å². The Balaban J connectivity index is 2.37. The molecule has 1 heterocycles. The van der Waals surface area contributed by atoms with Gasteiger partial charge in [-0.3, -0.25) is 0 Å². The second-order valence-electron chi connectivity index (χ2n) is 4.69. The van der Waals surface area contributed by atoms with E-state index < -0.39 is 11.7 Å². The smallest absolute Gasteiger partial charge is 0.135 e. The van der Waals surface area contributed by atoms with Crippen LogP contribution in [-0.2, 0) is 4.74 Å². The molecule has 0 radical (unpaired) electrons. The number of rotatable bonds is 2. The monoisotopic (exact) mass is 240 g/mol. The van der Waals surface area contributed by atoms with Crippen molar-refractivity contribution >= 4 is 0 Å². The number of methoxy groups -OCH3 is 1. The van der Waals surface area contributed by atoms with Crippen LogP contribution in [-0.4, -0.2) is 23.9 Å². The zero-order valence-corrected chi connectivity index (χ0v) is 10.2. The summed E-state index contributed by atoms with van der Waals surface area (Å²) in [5.41, 5.74) is -0.0122. The van der Waals surface area contributed by atoms with E-state index in [1.54, 1.807) is 13.2 Å². The molecule has 0 saturated carbocycles. The summed E-state index contributed by atoms with van der Waals surface area (Å²) >= 11 is 0. The Bertz CT molecular complexity index is 421. The summed E-state index contributed by atoms with van der Waals surface area (Å²) in [4.78, 5) is 0. The van der Waals surface area contributed by atoms with Gasteiger partial charge in [0.05, 0.1) is 12.2 Å². The van der Waals surface area contributed by atoms with E-state index in [0.717, 1.165) is 0 Å². The maximum atomic E-state index is 13.2. The molecular formula is C13H17FO3. The standard InChI is InChI=1S/C13H17FO3/c1-8(16-3)13(2)7-11(15)10-5-4-9(14)6-12(10)17-13/h4-6,8,11,15H,7H2,1-3H3/t8?,11-,13?/m1/s1. The highest BCUT2D eigenvalue weighted by atomic mass is 19.1. The van der Waals surface area contributed by atoms with Crippen molar-refractivity contribution in [2.75, 3.05) is 7.11 Å². The Morgan fingerprint density at radius 1 is 1.59 bits per heavy atom. The third-order valence-corrected chi connectivity index (χ3v) is 3.49. The summed E-state index contributed by atoms with van der Waals surface area (Å²) in [7, 11) is 1.59. The Labute approximate surface area is 100 Å². The molecule has 0 bridgehead atoms. The Morgan fingerprint density at radius 2 is 2.29 bits per heavy atom. The predicted molar refractivity (Wildman–Crippen MR) is 61.5 cm³/mol. The van der Waals surface area contributed by atoms with Crippen LogP contribution in [0.1, 0.15) is 31.9 Å². The SMILES string of the molecule is COC(C)C1(C)C[C@@H](O)c2ccc(F)cc2O1. The van der Waals surface area contributed by atoms with Gasteiger partial charge in [0, 0.05) is 25.2 Å². The summed E-state index contributed by atoms with van der Waals surface area (Å²) < 4.78 is 24.2. The molecule has 1 N–H and O–H groups in total. The first-order valence-corrected chi connectivity index (χ1v) is 5.65. The summed E-state index contributed by atoms with van der Waals surface area (Å²) in [6.45, 7) is 3.73. The number of aliphatic hydroxyl groups excluding tert-OH is 1. The van der Waals surface area contributed by atoms with Gasteiger partial charge in [-0.15, -0.1) is 0 Å². The van der Waals surface area contributed by atoms with Gasteiger partial charge in [0.15, 0.2) is 0 Å². The minimum atomic E-state index is -0.651. The lowest BCUT2D eigenvalue weighted by Crippen LogP contribution is -2.47. The van der Waals surface area contributed by atoms with Gasteiger partial charge < -0.3 is 14.6 Å². The number of hydrogen-bond donors (Lipinski definition) is 1. The molecule has 1 aliphatic rings. The molecule has 1 aromatic rings. The molecule has 0 fully saturated rings. The molecule has 2 unspecified atom stereocenters. The van der Waals surface area contributed by atoms with Crippen LogP contribution in [0, 0.1) is 5.82 Å². The fraction of sp³-hybridized carbons (Fsp3) is 0.538. The van der Waals surface area contributed by atoms with Crippen molar-refractivity contribution in [3.05, 3.63) is 29.6 Å². The van der Waals surface area contributed by atoms with E-state index in [1.807, 2.05) is 13.8 Å². The number of aliphatic hydroxyl groups is 1. The van der Waals surface area contributed by atoms with Crippen LogP contribution >= 0.6 is 0 Å². The molecule has 2 rings (SSSR count). The molecule has 17 heavy (non-hydrogen) atoms. The Morgan fingerprint density at radius 3 is 2.94 bits per heavy atom. The van der Waals surface area contributed by atoms with Crippen molar-refractivity contribution in [1.29, 1.82) is 0 Å². The average molecular weight is 240 g/mol. The fourth-order valence-corrected chi connectivity index (χ4v) is 2.16. The van der Waals surface area contributed by atoms with Gasteiger partial charge in [-0.1, -0.05) is 0 Å². The van der Waals surface area contributed by atoms with Crippen molar-refractivity contribution in [2.24, 2.45) is 0 Å². The highest BCUT2D eigenvalue weighted by Crippen LogP contribution is 2.41. The normalized spacial score (nSPS) is 29.4. The average Bonchev–Trinajstić information content (AvgIpc) is 2.26. The lowest BCUT2D eigenvalue weighted by molar-refractivity contribution is -0.0920.